The van der Waals surface area contributed by atoms with Crippen LogP contribution >= 0.6 is 0 Å². The highest BCUT2D eigenvalue weighted by Crippen LogP contribution is 2.36. The minimum absolute atomic E-state index is 0.0362. The Morgan fingerprint density at radius 2 is 2.06 bits per heavy atom. The third kappa shape index (κ3) is 2.94. The van der Waals surface area contributed by atoms with E-state index in [1.807, 2.05) is 6.92 Å². The van der Waals surface area contributed by atoms with Crippen LogP contribution in [0, 0.1) is 23.7 Å². The molecule has 0 aromatic carbocycles. The third-order valence-corrected chi connectivity index (χ3v) is 4.22. The molecule has 5 nitrogen and oxygen atoms in total. The van der Waals surface area contributed by atoms with Gasteiger partial charge in [0.05, 0.1) is 5.92 Å². The molecule has 1 aliphatic heterocycles. The number of aliphatic carboxylic acids is 1. The molecule has 1 aliphatic carbocycles. The van der Waals surface area contributed by atoms with Crippen molar-refractivity contribution in [3.8, 4) is 0 Å². The second-order valence-electron chi connectivity index (χ2n) is 5.83. The smallest absolute Gasteiger partial charge is 0.317 e. The number of nitrogens with zero attached hydrogens (tertiary/aromatic N) is 1. The number of carboxylic acids is 1. The number of hydrogen-bond donors (Lipinski definition) is 2. The van der Waals surface area contributed by atoms with Crippen molar-refractivity contribution < 1.29 is 14.7 Å². The summed E-state index contributed by atoms with van der Waals surface area (Å²) in [5.74, 6) is 0.119. The molecule has 0 aromatic rings. The fourth-order valence-electron chi connectivity index (χ4n) is 2.65. The molecule has 18 heavy (non-hydrogen) atoms. The number of carbonyl (C=O) groups excluding carboxylic acids is 1. The van der Waals surface area contributed by atoms with Gasteiger partial charge in [-0.25, -0.2) is 4.79 Å². The van der Waals surface area contributed by atoms with Crippen LogP contribution in [0.1, 0.15) is 26.7 Å². The van der Waals surface area contributed by atoms with E-state index in [0.29, 0.717) is 25.6 Å². The highest BCUT2D eigenvalue weighted by Gasteiger charge is 2.37. The van der Waals surface area contributed by atoms with Gasteiger partial charge in [0.15, 0.2) is 0 Å². The molecule has 0 aromatic heterocycles. The molecular formula is C13H22N2O3. The summed E-state index contributed by atoms with van der Waals surface area (Å²) < 4.78 is 0. The molecule has 1 saturated heterocycles. The Morgan fingerprint density at radius 3 is 2.56 bits per heavy atom. The van der Waals surface area contributed by atoms with Crippen LogP contribution in [-0.2, 0) is 4.79 Å². The summed E-state index contributed by atoms with van der Waals surface area (Å²) in [6.07, 6.45) is 2.55. The van der Waals surface area contributed by atoms with Crippen molar-refractivity contribution in [3.05, 3.63) is 0 Å². The van der Waals surface area contributed by atoms with Crippen molar-refractivity contribution in [2.24, 2.45) is 23.7 Å². The number of urea groups is 1. The van der Waals surface area contributed by atoms with Gasteiger partial charge in [0.25, 0.3) is 0 Å². The van der Waals surface area contributed by atoms with E-state index in [0.717, 1.165) is 5.92 Å². The lowest BCUT2D eigenvalue weighted by Crippen LogP contribution is -2.41. The summed E-state index contributed by atoms with van der Waals surface area (Å²) in [6, 6.07) is -0.113. The topological polar surface area (TPSA) is 69.6 Å². The first kappa shape index (κ1) is 13.2. The predicted octanol–water partition coefficient (Wildman–Crippen LogP) is 1.39. The lowest BCUT2D eigenvalue weighted by atomic mass is 9.99. The molecule has 0 bridgehead atoms. The maximum atomic E-state index is 11.9. The van der Waals surface area contributed by atoms with Crippen LogP contribution < -0.4 is 5.32 Å². The lowest BCUT2D eigenvalue weighted by molar-refractivity contribution is -0.142. The highest BCUT2D eigenvalue weighted by molar-refractivity contribution is 5.77. The van der Waals surface area contributed by atoms with Gasteiger partial charge in [-0.05, 0) is 30.6 Å². The third-order valence-electron chi connectivity index (χ3n) is 4.22. The lowest BCUT2D eigenvalue weighted by Gasteiger charge is -2.19. The summed E-state index contributed by atoms with van der Waals surface area (Å²) in [4.78, 5) is 24.5. The Hall–Kier alpha value is -1.26. The maximum Gasteiger partial charge on any atom is 0.317 e. The largest absolute Gasteiger partial charge is 0.481 e. The summed E-state index contributed by atoms with van der Waals surface area (Å²) >= 11 is 0. The van der Waals surface area contributed by atoms with E-state index in [9.17, 15) is 9.59 Å². The van der Waals surface area contributed by atoms with Gasteiger partial charge in [0.1, 0.15) is 0 Å². The van der Waals surface area contributed by atoms with Gasteiger partial charge in [0, 0.05) is 19.6 Å². The van der Waals surface area contributed by atoms with Crippen molar-refractivity contribution in [3.63, 3.8) is 0 Å². The molecule has 2 fully saturated rings. The first-order valence-corrected chi connectivity index (χ1v) is 6.74. The summed E-state index contributed by atoms with van der Waals surface area (Å²) in [6.45, 7) is 5.62. The molecule has 5 heteroatoms. The quantitative estimate of drug-likeness (QED) is 0.796. The SMILES string of the molecule is CC(CNC(=O)N1C[C@@H](C)[C@H](C(=O)O)C1)C1CC1. The van der Waals surface area contributed by atoms with Crippen LogP contribution in [0.5, 0.6) is 0 Å². The van der Waals surface area contributed by atoms with Gasteiger partial charge in [0.2, 0.25) is 0 Å². The molecule has 1 heterocycles. The van der Waals surface area contributed by atoms with E-state index in [2.05, 4.69) is 12.2 Å². The van der Waals surface area contributed by atoms with Crippen LogP contribution in [0.2, 0.25) is 0 Å². The first-order valence-electron chi connectivity index (χ1n) is 6.74. The van der Waals surface area contributed by atoms with Crippen molar-refractivity contribution in [1.29, 1.82) is 0 Å². The molecular weight excluding hydrogens is 232 g/mol. The molecule has 3 atom stereocenters. The Labute approximate surface area is 108 Å². The Bertz CT molecular complexity index is 341. The van der Waals surface area contributed by atoms with Crippen molar-refractivity contribution >= 4 is 12.0 Å². The maximum absolute atomic E-state index is 11.9. The molecule has 1 saturated carbocycles. The van der Waals surface area contributed by atoms with Crippen molar-refractivity contribution in [1.82, 2.24) is 10.2 Å². The average Bonchev–Trinajstić information content (AvgIpc) is 3.08. The van der Waals surface area contributed by atoms with E-state index in [1.165, 1.54) is 12.8 Å². The van der Waals surface area contributed by atoms with Gasteiger partial charge in [-0.3, -0.25) is 4.79 Å². The van der Waals surface area contributed by atoms with Gasteiger partial charge in [-0.1, -0.05) is 13.8 Å². The number of nitrogens with one attached hydrogen (secondary N) is 1. The number of carboxylic acid groups (broad SMARTS) is 1. The minimum atomic E-state index is -0.802. The standard InChI is InChI=1S/C13H22N2O3/c1-8(10-3-4-10)5-14-13(18)15-6-9(2)11(7-15)12(16)17/h8-11H,3-7H2,1-2H3,(H,14,18)(H,16,17)/t8?,9-,11-/m1/s1. The fraction of sp³-hybridized carbons (Fsp3) is 0.846. The number of carbonyl (C=O) groups is 2. The Balaban J connectivity index is 1.77. The average molecular weight is 254 g/mol. The second kappa shape index (κ2) is 5.16. The zero-order valence-corrected chi connectivity index (χ0v) is 11.1. The number of hydrogen-bond acceptors (Lipinski definition) is 2. The monoisotopic (exact) mass is 254 g/mol. The van der Waals surface area contributed by atoms with Crippen LogP contribution in [-0.4, -0.2) is 41.6 Å². The molecule has 2 rings (SSSR count). The van der Waals surface area contributed by atoms with Crippen molar-refractivity contribution in [2.45, 2.75) is 26.7 Å². The van der Waals surface area contributed by atoms with Crippen LogP contribution in [0.15, 0.2) is 0 Å². The Morgan fingerprint density at radius 1 is 1.39 bits per heavy atom. The molecule has 0 spiro atoms. The zero-order chi connectivity index (χ0) is 13.3. The van der Waals surface area contributed by atoms with Gasteiger partial charge >= 0.3 is 12.0 Å². The molecule has 2 amide bonds. The summed E-state index contributed by atoms with van der Waals surface area (Å²) in [7, 11) is 0. The van der Waals surface area contributed by atoms with E-state index in [-0.39, 0.29) is 11.9 Å². The first-order chi connectivity index (χ1) is 8.49. The van der Waals surface area contributed by atoms with Crippen LogP contribution in [0.25, 0.3) is 0 Å². The normalized spacial score (nSPS) is 29.1. The van der Waals surface area contributed by atoms with E-state index in [1.54, 1.807) is 4.90 Å². The summed E-state index contributed by atoms with van der Waals surface area (Å²) in [5.41, 5.74) is 0. The van der Waals surface area contributed by atoms with Gasteiger partial charge in [-0.15, -0.1) is 0 Å². The highest BCUT2D eigenvalue weighted by atomic mass is 16.4. The zero-order valence-electron chi connectivity index (χ0n) is 11.1. The summed E-state index contributed by atoms with van der Waals surface area (Å²) in [5, 5.41) is 11.9. The van der Waals surface area contributed by atoms with Crippen LogP contribution in [0.3, 0.4) is 0 Å². The number of rotatable bonds is 4. The van der Waals surface area contributed by atoms with Gasteiger partial charge in [-0.2, -0.15) is 0 Å². The molecule has 102 valence electrons. The minimum Gasteiger partial charge on any atom is -0.481 e. The van der Waals surface area contributed by atoms with E-state index < -0.39 is 11.9 Å². The van der Waals surface area contributed by atoms with E-state index >= 15 is 0 Å². The Kier molecular flexibility index (Phi) is 3.78. The fourth-order valence-corrected chi connectivity index (χ4v) is 2.65. The van der Waals surface area contributed by atoms with Gasteiger partial charge < -0.3 is 15.3 Å². The molecule has 2 N–H and O–H groups in total. The number of amides is 2. The molecule has 0 radical (unpaired) electrons. The van der Waals surface area contributed by atoms with Crippen LogP contribution in [0.4, 0.5) is 4.79 Å². The van der Waals surface area contributed by atoms with E-state index in [4.69, 9.17) is 5.11 Å². The molecule has 2 aliphatic rings. The second-order valence-corrected chi connectivity index (χ2v) is 5.83. The van der Waals surface area contributed by atoms with Crippen molar-refractivity contribution in [2.75, 3.05) is 19.6 Å². The molecule has 1 unspecified atom stereocenters. The predicted molar refractivity (Wildman–Crippen MR) is 67.1 cm³/mol. The number of likely N-dealkylation sites (tertiary alicyclic amines) is 1.